The standard InChI is InChI=1S/C27H36N2O2/c1-19-10-9-11-20(2)24(19)28-25(31)27(16-14-22(15-17-27)26(3,4)5)29-23(30)18-21-12-7-6-8-13-21/h6-13,22H,14-18H2,1-5H3,(H,28,31)(H,29,30). The van der Waals surface area contributed by atoms with Gasteiger partial charge in [-0.3, -0.25) is 9.59 Å². The summed E-state index contributed by atoms with van der Waals surface area (Å²) in [5, 5.41) is 6.32. The molecular formula is C27H36N2O2. The van der Waals surface area contributed by atoms with Gasteiger partial charge in [0, 0.05) is 5.69 Å². The molecule has 166 valence electrons. The number of hydrogen-bond donors (Lipinski definition) is 2. The molecule has 0 saturated heterocycles. The molecule has 2 aromatic carbocycles. The predicted octanol–water partition coefficient (Wildman–Crippen LogP) is 5.58. The summed E-state index contributed by atoms with van der Waals surface area (Å²) in [6.07, 6.45) is 3.45. The average Bonchev–Trinajstić information content (AvgIpc) is 2.71. The van der Waals surface area contributed by atoms with E-state index in [0.717, 1.165) is 35.2 Å². The van der Waals surface area contributed by atoms with Crippen LogP contribution >= 0.6 is 0 Å². The van der Waals surface area contributed by atoms with Crippen molar-refractivity contribution in [1.29, 1.82) is 0 Å². The van der Waals surface area contributed by atoms with Crippen LogP contribution in [0.25, 0.3) is 0 Å². The molecule has 0 aliphatic heterocycles. The molecule has 0 heterocycles. The number of hydrogen-bond acceptors (Lipinski definition) is 2. The molecule has 1 aliphatic carbocycles. The molecule has 4 heteroatoms. The van der Waals surface area contributed by atoms with E-state index in [9.17, 15) is 9.59 Å². The molecule has 4 nitrogen and oxygen atoms in total. The Hall–Kier alpha value is -2.62. The van der Waals surface area contributed by atoms with Crippen LogP contribution in [0.2, 0.25) is 0 Å². The maximum Gasteiger partial charge on any atom is 0.250 e. The summed E-state index contributed by atoms with van der Waals surface area (Å²) < 4.78 is 0. The van der Waals surface area contributed by atoms with Crippen molar-refractivity contribution in [2.24, 2.45) is 11.3 Å². The van der Waals surface area contributed by atoms with Crippen molar-refractivity contribution in [2.45, 2.75) is 72.3 Å². The van der Waals surface area contributed by atoms with Crippen LogP contribution in [0.5, 0.6) is 0 Å². The van der Waals surface area contributed by atoms with E-state index in [4.69, 9.17) is 0 Å². The SMILES string of the molecule is Cc1cccc(C)c1NC(=O)C1(NC(=O)Cc2ccccc2)CCC(C(C)(C)C)CC1. The lowest BCUT2D eigenvalue weighted by molar-refractivity contribution is -0.132. The second-order valence-electron chi connectivity index (χ2n) is 10.2. The molecule has 0 radical (unpaired) electrons. The smallest absolute Gasteiger partial charge is 0.250 e. The van der Waals surface area contributed by atoms with Gasteiger partial charge >= 0.3 is 0 Å². The Balaban J connectivity index is 1.82. The first-order chi connectivity index (χ1) is 14.6. The Bertz CT molecular complexity index is 900. The monoisotopic (exact) mass is 420 g/mol. The van der Waals surface area contributed by atoms with Crippen molar-refractivity contribution >= 4 is 17.5 Å². The van der Waals surface area contributed by atoms with E-state index in [2.05, 4.69) is 31.4 Å². The largest absolute Gasteiger partial charge is 0.341 e. The Labute approximate surface area is 186 Å². The first-order valence-corrected chi connectivity index (χ1v) is 11.3. The second-order valence-corrected chi connectivity index (χ2v) is 10.2. The molecule has 0 bridgehead atoms. The van der Waals surface area contributed by atoms with Crippen molar-refractivity contribution < 1.29 is 9.59 Å². The number of carbonyl (C=O) groups excluding carboxylic acids is 2. The molecule has 2 aromatic rings. The Morgan fingerprint density at radius 1 is 0.935 bits per heavy atom. The quantitative estimate of drug-likeness (QED) is 0.664. The molecule has 1 fully saturated rings. The summed E-state index contributed by atoms with van der Waals surface area (Å²) in [6.45, 7) is 10.8. The van der Waals surface area contributed by atoms with Crippen molar-refractivity contribution in [2.75, 3.05) is 5.32 Å². The molecule has 1 saturated carbocycles. The number of para-hydroxylation sites is 1. The molecule has 0 atom stereocenters. The van der Waals surface area contributed by atoms with E-state index in [-0.39, 0.29) is 23.7 Å². The molecule has 0 spiro atoms. The van der Waals surface area contributed by atoms with E-state index in [0.29, 0.717) is 18.8 Å². The summed E-state index contributed by atoms with van der Waals surface area (Å²) in [7, 11) is 0. The zero-order chi connectivity index (χ0) is 22.6. The number of aryl methyl sites for hydroxylation is 2. The number of benzene rings is 2. The zero-order valence-corrected chi connectivity index (χ0v) is 19.5. The summed E-state index contributed by atoms with van der Waals surface area (Å²) in [5.41, 5.74) is 3.19. The van der Waals surface area contributed by atoms with E-state index in [1.807, 2.05) is 62.4 Å². The second kappa shape index (κ2) is 9.25. The van der Waals surface area contributed by atoms with Crippen LogP contribution in [0.1, 0.15) is 63.1 Å². The lowest BCUT2D eigenvalue weighted by atomic mass is 9.67. The zero-order valence-electron chi connectivity index (χ0n) is 19.5. The van der Waals surface area contributed by atoms with Crippen LogP contribution in [0.4, 0.5) is 5.69 Å². The number of anilines is 1. The molecule has 0 unspecified atom stereocenters. The lowest BCUT2D eigenvalue weighted by Crippen LogP contribution is -2.59. The molecule has 1 aliphatic rings. The van der Waals surface area contributed by atoms with Crippen LogP contribution in [0.15, 0.2) is 48.5 Å². The Kier molecular flexibility index (Phi) is 6.88. The average molecular weight is 421 g/mol. The van der Waals surface area contributed by atoms with E-state index >= 15 is 0 Å². The lowest BCUT2D eigenvalue weighted by Gasteiger charge is -2.43. The highest BCUT2D eigenvalue weighted by Crippen LogP contribution is 2.42. The molecule has 2 amide bonds. The third kappa shape index (κ3) is 5.55. The van der Waals surface area contributed by atoms with Gasteiger partial charge in [0.2, 0.25) is 11.8 Å². The van der Waals surface area contributed by atoms with Crippen molar-refractivity contribution in [3.63, 3.8) is 0 Å². The number of nitrogens with one attached hydrogen (secondary N) is 2. The van der Waals surface area contributed by atoms with Gasteiger partial charge in [0.05, 0.1) is 6.42 Å². The van der Waals surface area contributed by atoms with Crippen LogP contribution in [-0.2, 0) is 16.0 Å². The van der Waals surface area contributed by atoms with Gasteiger partial charge in [-0.15, -0.1) is 0 Å². The Morgan fingerprint density at radius 2 is 1.52 bits per heavy atom. The van der Waals surface area contributed by atoms with Crippen LogP contribution in [0, 0.1) is 25.2 Å². The fourth-order valence-corrected chi connectivity index (χ4v) is 4.72. The highest BCUT2D eigenvalue weighted by Gasteiger charge is 2.45. The fraction of sp³-hybridized carbons (Fsp3) is 0.481. The van der Waals surface area contributed by atoms with Gasteiger partial charge in [0.15, 0.2) is 0 Å². The van der Waals surface area contributed by atoms with Crippen molar-refractivity contribution in [3.8, 4) is 0 Å². The maximum atomic E-state index is 13.6. The van der Waals surface area contributed by atoms with Gasteiger partial charge in [-0.2, -0.15) is 0 Å². The first kappa shape index (κ1) is 23.1. The highest BCUT2D eigenvalue weighted by molar-refractivity contribution is 6.01. The first-order valence-electron chi connectivity index (χ1n) is 11.3. The predicted molar refractivity (Wildman–Crippen MR) is 127 cm³/mol. The van der Waals surface area contributed by atoms with Gasteiger partial charge in [0.25, 0.3) is 0 Å². The minimum absolute atomic E-state index is 0.0985. The summed E-state index contributed by atoms with van der Waals surface area (Å²) in [6, 6.07) is 15.7. The number of amides is 2. The minimum Gasteiger partial charge on any atom is -0.341 e. The molecule has 31 heavy (non-hydrogen) atoms. The van der Waals surface area contributed by atoms with Crippen LogP contribution < -0.4 is 10.6 Å². The molecular weight excluding hydrogens is 384 g/mol. The maximum absolute atomic E-state index is 13.6. The van der Waals surface area contributed by atoms with Crippen LogP contribution in [-0.4, -0.2) is 17.4 Å². The molecule has 3 rings (SSSR count). The summed E-state index contributed by atoms with van der Waals surface area (Å²) in [4.78, 5) is 26.6. The van der Waals surface area contributed by atoms with Gasteiger partial charge in [-0.05, 0) is 67.6 Å². The van der Waals surface area contributed by atoms with Gasteiger partial charge < -0.3 is 10.6 Å². The van der Waals surface area contributed by atoms with Gasteiger partial charge in [-0.1, -0.05) is 69.3 Å². The van der Waals surface area contributed by atoms with Crippen molar-refractivity contribution in [3.05, 3.63) is 65.2 Å². The topological polar surface area (TPSA) is 58.2 Å². The third-order valence-corrected chi connectivity index (χ3v) is 6.80. The number of carbonyl (C=O) groups is 2. The van der Waals surface area contributed by atoms with Gasteiger partial charge in [-0.25, -0.2) is 0 Å². The summed E-state index contributed by atoms with van der Waals surface area (Å²) in [5.74, 6) is 0.343. The van der Waals surface area contributed by atoms with E-state index in [1.165, 1.54) is 0 Å². The fourth-order valence-electron chi connectivity index (χ4n) is 4.72. The number of rotatable bonds is 5. The van der Waals surface area contributed by atoms with Crippen molar-refractivity contribution in [1.82, 2.24) is 5.32 Å². The normalized spacial score (nSPS) is 21.4. The highest BCUT2D eigenvalue weighted by atomic mass is 16.2. The third-order valence-electron chi connectivity index (χ3n) is 6.80. The van der Waals surface area contributed by atoms with Gasteiger partial charge in [0.1, 0.15) is 5.54 Å². The summed E-state index contributed by atoms with van der Waals surface area (Å²) >= 11 is 0. The minimum atomic E-state index is -0.873. The van der Waals surface area contributed by atoms with E-state index in [1.54, 1.807) is 0 Å². The van der Waals surface area contributed by atoms with Crippen LogP contribution in [0.3, 0.4) is 0 Å². The molecule has 2 N–H and O–H groups in total. The van der Waals surface area contributed by atoms with E-state index < -0.39 is 5.54 Å². The Morgan fingerprint density at radius 3 is 2.06 bits per heavy atom. The molecule has 0 aromatic heterocycles.